The molecule has 0 saturated heterocycles. The van der Waals surface area contributed by atoms with Crippen LogP contribution in [0.4, 0.5) is 0 Å². The van der Waals surface area contributed by atoms with Crippen molar-refractivity contribution < 1.29 is 9.84 Å². The number of aliphatic hydroxyl groups excluding tert-OH is 1. The quantitative estimate of drug-likeness (QED) is 0.850. The number of aryl methyl sites for hydroxylation is 1. The first-order chi connectivity index (χ1) is 9.63. The van der Waals surface area contributed by atoms with Crippen LogP contribution in [0.15, 0.2) is 18.2 Å². The second-order valence-electron chi connectivity index (χ2n) is 5.81. The number of nitrogens with zero attached hydrogens (tertiary/aromatic N) is 1. The van der Waals surface area contributed by atoms with Crippen LogP contribution in [0.5, 0.6) is 5.75 Å². The van der Waals surface area contributed by atoms with E-state index < -0.39 is 11.5 Å². The Balaban J connectivity index is 2.30. The summed E-state index contributed by atoms with van der Waals surface area (Å²) in [6.45, 7) is 1.96. The molecule has 1 atom stereocenters. The zero-order chi connectivity index (χ0) is 14.6. The number of ether oxygens (including phenoxy) is 1. The third kappa shape index (κ3) is 2.81. The van der Waals surface area contributed by atoms with Gasteiger partial charge >= 0.3 is 0 Å². The summed E-state index contributed by atoms with van der Waals surface area (Å²) in [7, 11) is 1.64. The number of hydrogen-bond acceptors (Lipinski definition) is 3. The van der Waals surface area contributed by atoms with Crippen molar-refractivity contribution in [3.63, 3.8) is 0 Å². The van der Waals surface area contributed by atoms with E-state index >= 15 is 0 Å². The van der Waals surface area contributed by atoms with E-state index in [1.807, 2.05) is 25.1 Å². The highest BCUT2D eigenvalue weighted by Crippen LogP contribution is 2.45. The summed E-state index contributed by atoms with van der Waals surface area (Å²) >= 11 is 0. The molecule has 1 aliphatic carbocycles. The van der Waals surface area contributed by atoms with Crippen LogP contribution < -0.4 is 4.74 Å². The summed E-state index contributed by atoms with van der Waals surface area (Å²) in [5.74, 6) is 0.813. The fourth-order valence-electron chi connectivity index (χ4n) is 3.20. The molecule has 2 rings (SSSR count). The van der Waals surface area contributed by atoms with E-state index in [4.69, 9.17) is 4.74 Å². The van der Waals surface area contributed by atoms with Gasteiger partial charge in [0.05, 0.1) is 24.7 Å². The first kappa shape index (κ1) is 14.9. The summed E-state index contributed by atoms with van der Waals surface area (Å²) in [5, 5.41) is 20.4. The van der Waals surface area contributed by atoms with E-state index in [2.05, 4.69) is 6.07 Å². The second kappa shape index (κ2) is 6.28. The molecule has 1 saturated carbocycles. The maximum absolute atomic E-state index is 10.7. The average molecular weight is 273 g/mol. The Morgan fingerprint density at radius 2 is 1.90 bits per heavy atom. The lowest BCUT2D eigenvalue weighted by Crippen LogP contribution is -2.27. The van der Waals surface area contributed by atoms with Crippen LogP contribution >= 0.6 is 0 Å². The first-order valence-corrected chi connectivity index (χ1v) is 7.37. The van der Waals surface area contributed by atoms with Gasteiger partial charge in [-0.25, -0.2) is 0 Å². The topological polar surface area (TPSA) is 53.2 Å². The van der Waals surface area contributed by atoms with Crippen LogP contribution in [0, 0.1) is 23.7 Å². The second-order valence-corrected chi connectivity index (χ2v) is 5.81. The molecule has 1 unspecified atom stereocenters. The first-order valence-electron chi connectivity index (χ1n) is 7.37. The molecule has 0 bridgehead atoms. The number of hydrogen-bond donors (Lipinski definition) is 1. The smallest absolute Gasteiger partial charge is 0.121 e. The van der Waals surface area contributed by atoms with Crippen molar-refractivity contribution in [3.8, 4) is 11.8 Å². The molecule has 1 aliphatic rings. The minimum Gasteiger partial charge on any atom is -0.496 e. The molecule has 0 spiro atoms. The molecule has 0 heterocycles. The van der Waals surface area contributed by atoms with Crippen molar-refractivity contribution in [3.05, 3.63) is 29.3 Å². The highest BCUT2D eigenvalue weighted by atomic mass is 16.5. The third-order valence-corrected chi connectivity index (χ3v) is 4.48. The molecule has 108 valence electrons. The predicted octanol–water partition coefficient (Wildman–Crippen LogP) is 3.90. The van der Waals surface area contributed by atoms with Crippen LogP contribution in [0.2, 0.25) is 0 Å². The van der Waals surface area contributed by atoms with Gasteiger partial charge in [0.15, 0.2) is 0 Å². The Kier molecular flexibility index (Phi) is 4.67. The molecule has 20 heavy (non-hydrogen) atoms. The minimum atomic E-state index is -0.713. The standard InChI is InChI=1S/C17H23NO2/c1-13-11-14(7-8-15(13)20-2)16(19)17(12-18)9-5-3-4-6-10-17/h7-8,11,16,19H,3-6,9-10H2,1-2H3. The maximum Gasteiger partial charge on any atom is 0.121 e. The van der Waals surface area contributed by atoms with Gasteiger partial charge in [-0.05, 0) is 43.0 Å². The van der Waals surface area contributed by atoms with Crippen molar-refractivity contribution in [2.24, 2.45) is 5.41 Å². The molecule has 1 fully saturated rings. The van der Waals surface area contributed by atoms with Crippen molar-refractivity contribution in [1.29, 1.82) is 5.26 Å². The SMILES string of the molecule is COc1ccc(C(O)C2(C#N)CCCCCC2)cc1C. The number of benzene rings is 1. The predicted molar refractivity (Wildman–Crippen MR) is 78.4 cm³/mol. The highest BCUT2D eigenvalue weighted by molar-refractivity contribution is 5.38. The zero-order valence-corrected chi connectivity index (χ0v) is 12.4. The van der Waals surface area contributed by atoms with Gasteiger partial charge in [0.1, 0.15) is 5.75 Å². The van der Waals surface area contributed by atoms with Crippen LogP contribution in [-0.4, -0.2) is 12.2 Å². The zero-order valence-electron chi connectivity index (χ0n) is 12.4. The van der Waals surface area contributed by atoms with Crippen molar-refractivity contribution in [1.82, 2.24) is 0 Å². The van der Waals surface area contributed by atoms with Crippen molar-refractivity contribution >= 4 is 0 Å². The Bertz CT molecular complexity index is 496. The number of rotatable bonds is 3. The lowest BCUT2D eigenvalue weighted by molar-refractivity contribution is 0.0515. The van der Waals surface area contributed by atoms with Crippen molar-refractivity contribution in [2.45, 2.75) is 51.6 Å². The van der Waals surface area contributed by atoms with E-state index in [9.17, 15) is 10.4 Å². The van der Waals surface area contributed by atoms with Gasteiger partial charge in [-0.1, -0.05) is 31.7 Å². The molecule has 3 heteroatoms. The van der Waals surface area contributed by atoms with Gasteiger partial charge < -0.3 is 9.84 Å². The van der Waals surface area contributed by atoms with E-state index in [1.54, 1.807) is 7.11 Å². The largest absolute Gasteiger partial charge is 0.496 e. The minimum absolute atomic E-state index is 0.627. The molecular formula is C17H23NO2. The average Bonchev–Trinajstić information content (AvgIpc) is 2.72. The molecule has 1 N–H and O–H groups in total. The van der Waals surface area contributed by atoms with Gasteiger partial charge in [0.2, 0.25) is 0 Å². The Hall–Kier alpha value is -1.53. The number of nitriles is 1. The molecular weight excluding hydrogens is 250 g/mol. The Morgan fingerprint density at radius 1 is 1.25 bits per heavy atom. The van der Waals surface area contributed by atoms with Gasteiger partial charge in [-0.2, -0.15) is 5.26 Å². The number of methoxy groups -OCH3 is 1. The van der Waals surface area contributed by atoms with Crippen LogP contribution in [0.1, 0.15) is 55.8 Å². The molecule has 0 aromatic heterocycles. The molecule has 1 aromatic rings. The normalized spacial score (nSPS) is 19.7. The fraction of sp³-hybridized carbons (Fsp3) is 0.588. The molecule has 1 aromatic carbocycles. The fourth-order valence-corrected chi connectivity index (χ4v) is 3.20. The van der Waals surface area contributed by atoms with E-state index in [1.165, 1.54) is 0 Å². The third-order valence-electron chi connectivity index (χ3n) is 4.48. The van der Waals surface area contributed by atoms with E-state index in [0.717, 1.165) is 55.4 Å². The van der Waals surface area contributed by atoms with Gasteiger partial charge in [0, 0.05) is 0 Å². The summed E-state index contributed by atoms with van der Waals surface area (Å²) in [4.78, 5) is 0. The van der Waals surface area contributed by atoms with E-state index in [0.29, 0.717) is 0 Å². The highest BCUT2D eigenvalue weighted by Gasteiger charge is 2.39. The van der Waals surface area contributed by atoms with E-state index in [-0.39, 0.29) is 0 Å². The maximum atomic E-state index is 10.7. The van der Waals surface area contributed by atoms with Gasteiger partial charge in [-0.15, -0.1) is 0 Å². The van der Waals surface area contributed by atoms with Crippen LogP contribution in [0.3, 0.4) is 0 Å². The van der Waals surface area contributed by atoms with Crippen LogP contribution in [-0.2, 0) is 0 Å². The monoisotopic (exact) mass is 273 g/mol. The summed E-state index contributed by atoms with van der Waals surface area (Å²) in [6, 6.07) is 8.11. The molecule has 0 radical (unpaired) electrons. The lowest BCUT2D eigenvalue weighted by atomic mass is 9.74. The number of aliphatic hydroxyl groups is 1. The Morgan fingerprint density at radius 3 is 2.40 bits per heavy atom. The molecule has 3 nitrogen and oxygen atoms in total. The molecule has 0 amide bonds. The van der Waals surface area contributed by atoms with Gasteiger partial charge in [-0.3, -0.25) is 0 Å². The molecule has 0 aliphatic heterocycles. The van der Waals surface area contributed by atoms with Crippen LogP contribution in [0.25, 0.3) is 0 Å². The van der Waals surface area contributed by atoms with Gasteiger partial charge in [0.25, 0.3) is 0 Å². The Labute approximate surface area is 121 Å². The van der Waals surface area contributed by atoms with Crippen molar-refractivity contribution in [2.75, 3.05) is 7.11 Å². The summed E-state index contributed by atoms with van der Waals surface area (Å²) in [6.07, 6.45) is 5.25. The summed E-state index contributed by atoms with van der Waals surface area (Å²) < 4.78 is 5.25. The summed E-state index contributed by atoms with van der Waals surface area (Å²) in [5.41, 5.74) is 1.19. The lowest BCUT2D eigenvalue weighted by Gasteiger charge is -2.31.